The molecule has 2 heterocycles. The van der Waals surface area contributed by atoms with E-state index in [1.807, 2.05) is 12.1 Å². The maximum atomic E-state index is 14.0. The van der Waals surface area contributed by atoms with Gasteiger partial charge >= 0.3 is 5.97 Å². The number of aromatic nitrogens is 1. The molecule has 5 rings (SSSR count). The van der Waals surface area contributed by atoms with Crippen LogP contribution in [-0.2, 0) is 16.1 Å². The molecule has 0 aliphatic carbocycles. The predicted octanol–water partition coefficient (Wildman–Crippen LogP) is 5.94. The summed E-state index contributed by atoms with van der Waals surface area (Å²) in [6.07, 6.45) is 1.37. The third kappa shape index (κ3) is 6.19. The molecule has 0 fully saturated rings. The first-order valence-corrected chi connectivity index (χ1v) is 14.6. The summed E-state index contributed by atoms with van der Waals surface area (Å²) in [7, 11) is 0. The number of carbonyl (C=O) groups is 1. The highest BCUT2D eigenvalue weighted by Gasteiger charge is 2.33. The van der Waals surface area contributed by atoms with Crippen LogP contribution in [0, 0.1) is 11.3 Å². The van der Waals surface area contributed by atoms with E-state index in [1.54, 1.807) is 81.4 Å². The van der Waals surface area contributed by atoms with Crippen molar-refractivity contribution in [2.75, 3.05) is 0 Å². The molecule has 0 spiro atoms. The number of benzene rings is 3. The van der Waals surface area contributed by atoms with Crippen LogP contribution in [0.25, 0.3) is 6.08 Å². The lowest BCUT2D eigenvalue weighted by Crippen LogP contribution is -2.40. The highest BCUT2D eigenvalue weighted by atomic mass is 35.5. The molecule has 0 bridgehead atoms. The Kier molecular flexibility index (Phi) is 8.64. The summed E-state index contributed by atoms with van der Waals surface area (Å²) in [6.45, 7) is 5.54. The molecule has 4 aromatic rings. The number of esters is 1. The van der Waals surface area contributed by atoms with Crippen molar-refractivity contribution in [2.45, 2.75) is 39.5 Å². The number of rotatable bonds is 7. The third-order valence-electron chi connectivity index (χ3n) is 6.51. The second-order valence-corrected chi connectivity index (χ2v) is 11.7. The molecule has 42 heavy (non-hydrogen) atoms. The molecule has 0 saturated carbocycles. The van der Waals surface area contributed by atoms with Gasteiger partial charge in [-0.3, -0.25) is 9.36 Å². The Bertz CT molecular complexity index is 1920. The van der Waals surface area contributed by atoms with E-state index < -0.39 is 12.0 Å². The molecule has 1 aromatic heterocycles. The van der Waals surface area contributed by atoms with Crippen LogP contribution in [0.5, 0.6) is 5.75 Å². The van der Waals surface area contributed by atoms with Crippen LogP contribution in [0.4, 0.5) is 0 Å². The topological polar surface area (TPSA) is 93.7 Å². The van der Waals surface area contributed by atoms with E-state index in [0.717, 1.165) is 5.56 Å². The lowest BCUT2D eigenvalue weighted by molar-refractivity contribution is -0.143. The fourth-order valence-electron chi connectivity index (χ4n) is 4.56. The quantitative estimate of drug-likeness (QED) is 0.239. The normalized spacial score (nSPS) is 14.8. The number of thiazole rings is 1. The van der Waals surface area contributed by atoms with E-state index in [2.05, 4.69) is 11.1 Å². The first kappa shape index (κ1) is 29.3. The Morgan fingerprint density at radius 2 is 1.79 bits per heavy atom. The smallest absolute Gasteiger partial charge is 0.338 e. The van der Waals surface area contributed by atoms with Gasteiger partial charge in [0.25, 0.3) is 5.56 Å². The molecule has 1 aliphatic rings. The van der Waals surface area contributed by atoms with Gasteiger partial charge in [0.15, 0.2) is 4.80 Å². The largest absolute Gasteiger partial charge is 0.488 e. The van der Waals surface area contributed by atoms with Crippen LogP contribution in [0.2, 0.25) is 10.0 Å². The average molecular weight is 619 g/mol. The van der Waals surface area contributed by atoms with Crippen LogP contribution >= 0.6 is 34.5 Å². The second kappa shape index (κ2) is 12.4. The van der Waals surface area contributed by atoms with Gasteiger partial charge in [-0.25, -0.2) is 9.79 Å². The standard InChI is InChI=1S/C32H25Cl2N3O4S/c1-18(2)41-31(39)28-19(3)36-32-37(29(28)22-8-10-24(33)11-9-22)30(38)27(42-32)15-23-14-25(34)12-13-26(23)40-17-21-6-4-20(16-35)5-7-21/h4-15,18,29H,17H2,1-3H3. The minimum atomic E-state index is -0.751. The molecular weight excluding hydrogens is 593 g/mol. The van der Waals surface area contributed by atoms with Gasteiger partial charge in [0.05, 0.1) is 39.6 Å². The summed E-state index contributed by atoms with van der Waals surface area (Å²) in [6, 6.07) is 20.7. The van der Waals surface area contributed by atoms with Crippen molar-refractivity contribution >= 4 is 46.6 Å². The van der Waals surface area contributed by atoms with Crippen LogP contribution in [0.3, 0.4) is 0 Å². The van der Waals surface area contributed by atoms with Crippen molar-refractivity contribution in [1.29, 1.82) is 5.26 Å². The Morgan fingerprint density at radius 1 is 1.10 bits per heavy atom. The van der Waals surface area contributed by atoms with Crippen molar-refractivity contribution in [3.63, 3.8) is 0 Å². The van der Waals surface area contributed by atoms with E-state index in [4.69, 9.17) is 37.9 Å². The second-order valence-electron chi connectivity index (χ2n) is 9.87. The van der Waals surface area contributed by atoms with Gasteiger partial charge in [0.1, 0.15) is 12.4 Å². The fourth-order valence-corrected chi connectivity index (χ4v) is 5.91. The number of carbonyl (C=O) groups excluding carboxylic acids is 1. The lowest BCUT2D eigenvalue weighted by atomic mass is 9.96. The zero-order chi connectivity index (χ0) is 30.0. The molecule has 1 unspecified atom stereocenters. The number of nitrogens with zero attached hydrogens (tertiary/aromatic N) is 3. The van der Waals surface area contributed by atoms with Crippen LogP contribution < -0.4 is 19.6 Å². The summed E-state index contributed by atoms with van der Waals surface area (Å²) in [4.78, 5) is 32.3. The Hall–Kier alpha value is -4.16. The molecule has 0 saturated heterocycles. The predicted molar refractivity (Wildman–Crippen MR) is 163 cm³/mol. The zero-order valence-corrected chi connectivity index (χ0v) is 25.3. The molecule has 0 radical (unpaired) electrons. The zero-order valence-electron chi connectivity index (χ0n) is 22.9. The van der Waals surface area contributed by atoms with Gasteiger partial charge in [-0.1, -0.05) is 58.8 Å². The molecule has 7 nitrogen and oxygen atoms in total. The molecule has 1 atom stereocenters. The maximum Gasteiger partial charge on any atom is 0.338 e. The Morgan fingerprint density at radius 3 is 2.45 bits per heavy atom. The molecule has 0 N–H and O–H groups in total. The van der Waals surface area contributed by atoms with Crippen LogP contribution in [0.1, 0.15) is 49.1 Å². The van der Waals surface area contributed by atoms with Crippen LogP contribution in [-0.4, -0.2) is 16.6 Å². The Balaban J connectivity index is 1.59. The van der Waals surface area contributed by atoms with Crippen molar-refractivity contribution in [3.8, 4) is 11.8 Å². The minimum Gasteiger partial charge on any atom is -0.488 e. The molecule has 10 heteroatoms. The summed E-state index contributed by atoms with van der Waals surface area (Å²) < 4.78 is 13.5. The number of ether oxygens (including phenoxy) is 2. The highest BCUT2D eigenvalue weighted by Crippen LogP contribution is 2.32. The van der Waals surface area contributed by atoms with E-state index in [0.29, 0.717) is 53.1 Å². The number of fused-ring (bicyclic) bond motifs is 1. The number of hydrogen-bond acceptors (Lipinski definition) is 7. The monoisotopic (exact) mass is 617 g/mol. The number of nitriles is 1. The van der Waals surface area contributed by atoms with E-state index in [9.17, 15) is 9.59 Å². The fraction of sp³-hybridized carbons (Fsp3) is 0.188. The van der Waals surface area contributed by atoms with Gasteiger partial charge < -0.3 is 9.47 Å². The Labute approximate surface area is 256 Å². The summed E-state index contributed by atoms with van der Waals surface area (Å²) >= 11 is 13.7. The van der Waals surface area contributed by atoms with Gasteiger partial charge in [-0.2, -0.15) is 5.26 Å². The maximum absolute atomic E-state index is 14.0. The van der Waals surface area contributed by atoms with E-state index in [1.165, 1.54) is 15.9 Å². The van der Waals surface area contributed by atoms with E-state index in [-0.39, 0.29) is 18.3 Å². The number of hydrogen-bond donors (Lipinski definition) is 0. The minimum absolute atomic E-state index is 0.256. The molecule has 212 valence electrons. The van der Waals surface area contributed by atoms with Gasteiger partial charge in [0.2, 0.25) is 0 Å². The third-order valence-corrected chi connectivity index (χ3v) is 7.98. The van der Waals surface area contributed by atoms with Crippen molar-refractivity contribution < 1.29 is 14.3 Å². The van der Waals surface area contributed by atoms with Gasteiger partial charge in [0, 0.05) is 15.6 Å². The van der Waals surface area contributed by atoms with Gasteiger partial charge in [-0.15, -0.1) is 0 Å². The van der Waals surface area contributed by atoms with Crippen molar-refractivity contribution in [3.05, 3.63) is 130 Å². The van der Waals surface area contributed by atoms with Crippen LogP contribution in [0.15, 0.2) is 87.8 Å². The number of allylic oxidation sites excluding steroid dienone is 1. The number of halogens is 2. The SMILES string of the molecule is CC1=C(C(=O)OC(C)C)C(c2ccc(Cl)cc2)n2c(sc(=Cc3cc(Cl)ccc3OCc3ccc(C#N)cc3)c2=O)=N1. The summed E-state index contributed by atoms with van der Waals surface area (Å²) in [5.41, 5.74) is 3.20. The lowest BCUT2D eigenvalue weighted by Gasteiger charge is -2.25. The summed E-state index contributed by atoms with van der Waals surface area (Å²) in [5, 5.41) is 10.1. The average Bonchev–Trinajstić information content (AvgIpc) is 3.26. The molecule has 3 aromatic carbocycles. The highest BCUT2D eigenvalue weighted by molar-refractivity contribution is 7.07. The molecule has 0 amide bonds. The van der Waals surface area contributed by atoms with Crippen molar-refractivity contribution in [1.82, 2.24) is 4.57 Å². The van der Waals surface area contributed by atoms with Gasteiger partial charge in [-0.05, 0) is 80.4 Å². The summed E-state index contributed by atoms with van der Waals surface area (Å²) in [5.74, 6) is -0.00460. The van der Waals surface area contributed by atoms with E-state index >= 15 is 0 Å². The first-order valence-electron chi connectivity index (χ1n) is 13.0. The molecular formula is C32H25Cl2N3O4S. The first-order chi connectivity index (χ1) is 20.1. The molecule has 1 aliphatic heterocycles. The van der Waals surface area contributed by atoms with Crippen molar-refractivity contribution in [2.24, 2.45) is 4.99 Å².